The highest BCUT2D eigenvalue weighted by Gasteiger charge is 2.29. The highest BCUT2D eigenvalue weighted by molar-refractivity contribution is 7.99. The van der Waals surface area contributed by atoms with Gasteiger partial charge in [0.05, 0.1) is 7.11 Å². The maximum absolute atomic E-state index is 11.8. The van der Waals surface area contributed by atoms with Crippen LogP contribution in [0.15, 0.2) is 33.0 Å². The molecule has 8 heteroatoms. The van der Waals surface area contributed by atoms with Crippen LogP contribution in [-0.2, 0) is 0 Å². The van der Waals surface area contributed by atoms with Gasteiger partial charge in [-0.2, -0.15) is 0 Å². The molecule has 4 N–H and O–H groups in total. The number of nitrogen functional groups attached to an aromatic ring is 1. The third-order valence-electron chi connectivity index (χ3n) is 3.26. The molecular weight excluding hydrogens is 290 g/mol. The second kappa shape index (κ2) is 5.28. The van der Waals surface area contributed by atoms with Crippen LogP contribution in [0.5, 0.6) is 5.75 Å². The van der Waals surface area contributed by atoms with Gasteiger partial charge in [-0.05, 0) is 42.8 Å². The number of benzene rings is 1. The molecule has 2 aromatic rings. The lowest BCUT2D eigenvalue weighted by Crippen LogP contribution is -2.16. The van der Waals surface area contributed by atoms with E-state index in [9.17, 15) is 4.79 Å². The van der Waals surface area contributed by atoms with E-state index >= 15 is 0 Å². The summed E-state index contributed by atoms with van der Waals surface area (Å²) >= 11 is 1.31. The Hall–Kier alpha value is -2.22. The van der Waals surface area contributed by atoms with E-state index < -0.39 is 0 Å². The van der Waals surface area contributed by atoms with Crippen LogP contribution in [0.3, 0.4) is 0 Å². The molecule has 1 fully saturated rings. The largest absolute Gasteiger partial charge is 0.497 e. The Morgan fingerprint density at radius 3 is 2.95 bits per heavy atom. The number of ether oxygens (including phenoxy) is 1. The average Bonchev–Trinajstić information content (AvgIpc) is 3.23. The second-order valence-corrected chi connectivity index (χ2v) is 5.80. The molecule has 1 aromatic carbocycles. The molecule has 1 saturated carbocycles. The van der Waals surface area contributed by atoms with Crippen LogP contribution in [0.25, 0.3) is 0 Å². The summed E-state index contributed by atoms with van der Waals surface area (Å²) in [5.41, 5.74) is 6.00. The van der Waals surface area contributed by atoms with E-state index in [-0.39, 0.29) is 17.6 Å². The van der Waals surface area contributed by atoms with Gasteiger partial charge in [0.1, 0.15) is 11.6 Å². The van der Waals surface area contributed by atoms with Crippen LogP contribution in [-0.4, -0.2) is 27.7 Å². The minimum atomic E-state index is -0.202. The number of nitrogens with one attached hydrogen (secondary N) is 2. The number of aromatic amines is 1. The quantitative estimate of drug-likeness (QED) is 0.570. The smallest absolute Gasteiger partial charge is 0.344 e. The van der Waals surface area contributed by atoms with E-state index in [4.69, 9.17) is 15.9 Å². The Bertz CT molecular complexity index is 747. The Morgan fingerprint density at radius 1 is 1.57 bits per heavy atom. The predicted molar refractivity (Wildman–Crippen MR) is 79.3 cm³/mol. The third kappa shape index (κ3) is 2.66. The molecule has 0 aliphatic heterocycles. The lowest BCUT2D eigenvalue weighted by atomic mass is 10.2. The monoisotopic (exact) mass is 305 g/mol. The molecule has 0 bridgehead atoms. The normalized spacial score (nSPS) is 14.1. The van der Waals surface area contributed by atoms with E-state index in [1.165, 1.54) is 11.8 Å². The van der Waals surface area contributed by atoms with Crippen LogP contribution < -0.4 is 16.2 Å². The topological polar surface area (TPSA) is 110 Å². The highest BCUT2D eigenvalue weighted by Crippen LogP contribution is 2.38. The van der Waals surface area contributed by atoms with Crippen molar-refractivity contribution < 1.29 is 4.74 Å². The lowest BCUT2D eigenvalue weighted by molar-refractivity contribution is 0.413. The first-order valence-electron chi connectivity index (χ1n) is 6.47. The van der Waals surface area contributed by atoms with Gasteiger partial charge >= 0.3 is 5.69 Å². The predicted octanol–water partition coefficient (Wildman–Crippen LogP) is 1.35. The van der Waals surface area contributed by atoms with Crippen LogP contribution in [0.2, 0.25) is 0 Å². The maximum Gasteiger partial charge on any atom is 0.344 e. The van der Waals surface area contributed by atoms with Crippen molar-refractivity contribution in [1.82, 2.24) is 14.8 Å². The number of H-pyrrole nitrogens is 1. The lowest BCUT2D eigenvalue weighted by Gasteiger charge is -2.10. The Morgan fingerprint density at radius 2 is 2.33 bits per heavy atom. The Balaban J connectivity index is 2.01. The molecule has 21 heavy (non-hydrogen) atoms. The Labute approximate surface area is 125 Å². The summed E-state index contributed by atoms with van der Waals surface area (Å²) in [6.07, 6.45) is 1.98. The zero-order valence-electron chi connectivity index (χ0n) is 11.4. The molecule has 1 aliphatic rings. The first kappa shape index (κ1) is 13.7. The minimum absolute atomic E-state index is 0.0315. The summed E-state index contributed by atoms with van der Waals surface area (Å²) in [6.45, 7) is 0. The summed E-state index contributed by atoms with van der Waals surface area (Å²) in [5.74, 6) is 0.634. The number of amidine groups is 1. The van der Waals surface area contributed by atoms with Crippen molar-refractivity contribution in [3.05, 3.63) is 34.2 Å². The average molecular weight is 305 g/mol. The number of hydrogen-bond donors (Lipinski definition) is 3. The molecule has 1 heterocycles. The molecule has 0 amide bonds. The highest BCUT2D eigenvalue weighted by atomic mass is 32.2. The van der Waals surface area contributed by atoms with Gasteiger partial charge in [0.25, 0.3) is 0 Å². The molecule has 1 aromatic heterocycles. The van der Waals surface area contributed by atoms with Crippen LogP contribution >= 0.6 is 11.8 Å². The van der Waals surface area contributed by atoms with Crippen LogP contribution in [0, 0.1) is 5.41 Å². The van der Waals surface area contributed by atoms with Crippen molar-refractivity contribution >= 4 is 17.6 Å². The molecule has 0 unspecified atom stereocenters. The number of nitrogens with two attached hydrogens (primary N) is 1. The summed E-state index contributed by atoms with van der Waals surface area (Å²) < 4.78 is 6.86. The van der Waals surface area contributed by atoms with Crippen molar-refractivity contribution in [3.8, 4) is 5.75 Å². The first-order chi connectivity index (χ1) is 10.1. The van der Waals surface area contributed by atoms with E-state index in [1.807, 2.05) is 0 Å². The summed E-state index contributed by atoms with van der Waals surface area (Å²) in [5, 5.41) is 14.8. The van der Waals surface area contributed by atoms with Gasteiger partial charge in [-0.15, -0.1) is 5.10 Å². The molecular formula is C13H15N5O2S. The van der Waals surface area contributed by atoms with Gasteiger partial charge in [-0.3, -0.25) is 9.98 Å². The molecule has 0 spiro atoms. The van der Waals surface area contributed by atoms with Gasteiger partial charge in [0.2, 0.25) is 0 Å². The summed E-state index contributed by atoms with van der Waals surface area (Å²) in [7, 11) is 1.58. The molecule has 1 aliphatic carbocycles. The van der Waals surface area contributed by atoms with Crippen molar-refractivity contribution in [3.63, 3.8) is 0 Å². The number of aromatic nitrogens is 3. The summed E-state index contributed by atoms with van der Waals surface area (Å²) in [6, 6.07) is 5.50. The van der Waals surface area contributed by atoms with Crippen molar-refractivity contribution in [2.24, 2.45) is 5.73 Å². The molecule has 7 nitrogen and oxygen atoms in total. The molecule has 3 rings (SSSR count). The fourth-order valence-electron chi connectivity index (χ4n) is 2.05. The van der Waals surface area contributed by atoms with Gasteiger partial charge in [-0.1, -0.05) is 0 Å². The van der Waals surface area contributed by atoms with E-state index in [0.717, 1.165) is 17.7 Å². The van der Waals surface area contributed by atoms with Crippen LogP contribution in [0.1, 0.15) is 24.4 Å². The van der Waals surface area contributed by atoms with Gasteiger partial charge < -0.3 is 10.5 Å². The van der Waals surface area contributed by atoms with Crippen molar-refractivity contribution in [2.45, 2.75) is 28.9 Å². The summed E-state index contributed by atoms with van der Waals surface area (Å²) in [4.78, 5) is 12.5. The SMILES string of the molecule is COc1ccc(C(=N)N)c(Sc2n[nH]c(=O)n2C2CC2)c1. The maximum atomic E-state index is 11.8. The number of nitrogens with zero attached hydrogens (tertiary/aromatic N) is 2. The van der Waals surface area contributed by atoms with Crippen molar-refractivity contribution in [2.75, 3.05) is 7.11 Å². The number of methoxy groups -OCH3 is 1. The molecule has 110 valence electrons. The van der Waals surface area contributed by atoms with Crippen molar-refractivity contribution in [1.29, 1.82) is 5.41 Å². The molecule has 0 saturated heterocycles. The number of rotatable bonds is 5. The fraction of sp³-hybridized carbons (Fsp3) is 0.308. The Kier molecular flexibility index (Phi) is 3.46. The fourth-order valence-corrected chi connectivity index (χ4v) is 3.13. The standard InChI is InChI=1S/C13H15N5O2S/c1-20-8-4-5-9(11(14)15)10(6-8)21-13-17-16-12(19)18(13)7-2-3-7/h4-7H,2-3H2,1H3,(H3,14,15)(H,16,19). The van der Waals surface area contributed by atoms with E-state index in [1.54, 1.807) is 29.9 Å². The van der Waals surface area contributed by atoms with Gasteiger partial charge in [-0.25, -0.2) is 9.89 Å². The zero-order valence-corrected chi connectivity index (χ0v) is 12.2. The van der Waals surface area contributed by atoms with Crippen LogP contribution in [0.4, 0.5) is 0 Å². The molecule has 0 radical (unpaired) electrons. The van der Waals surface area contributed by atoms with E-state index in [0.29, 0.717) is 16.5 Å². The second-order valence-electron chi connectivity index (χ2n) is 4.79. The van der Waals surface area contributed by atoms with Gasteiger partial charge in [0, 0.05) is 16.5 Å². The first-order valence-corrected chi connectivity index (χ1v) is 7.29. The van der Waals surface area contributed by atoms with E-state index in [2.05, 4.69) is 10.2 Å². The third-order valence-corrected chi connectivity index (χ3v) is 4.29. The van der Waals surface area contributed by atoms with Gasteiger partial charge in [0.15, 0.2) is 5.16 Å². The minimum Gasteiger partial charge on any atom is -0.497 e. The zero-order chi connectivity index (χ0) is 15.0. The number of hydrogen-bond acceptors (Lipinski definition) is 5. The molecule has 0 atom stereocenters.